The van der Waals surface area contributed by atoms with Crippen LogP contribution in [0.2, 0.25) is 0 Å². The summed E-state index contributed by atoms with van der Waals surface area (Å²) in [5.74, 6) is -0.104. The van der Waals surface area contributed by atoms with Crippen molar-refractivity contribution >= 4 is 33.0 Å². The molecule has 6 nitrogen and oxygen atoms in total. The predicted molar refractivity (Wildman–Crippen MR) is 136 cm³/mol. The number of nitrogens with one attached hydrogen (secondary N) is 2. The zero-order valence-corrected chi connectivity index (χ0v) is 20.3. The lowest BCUT2D eigenvalue weighted by molar-refractivity contribution is -0.116. The minimum absolute atomic E-state index is 0.104. The fourth-order valence-electron chi connectivity index (χ4n) is 3.43. The number of amides is 1. The molecule has 0 unspecified atom stereocenters. The van der Waals surface area contributed by atoms with E-state index in [4.69, 9.17) is 0 Å². The van der Waals surface area contributed by atoms with Gasteiger partial charge >= 0.3 is 0 Å². The monoisotopic (exact) mass is 491 g/mol. The molecular formula is C26H25N3O3S2. The van der Waals surface area contributed by atoms with Crippen LogP contribution in [0.1, 0.15) is 22.6 Å². The molecule has 174 valence electrons. The van der Waals surface area contributed by atoms with E-state index in [9.17, 15) is 13.2 Å². The molecule has 1 aromatic heterocycles. The number of aromatic nitrogens is 1. The molecule has 0 spiro atoms. The third-order valence-corrected chi connectivity index (χ3v) is 7.44. The Morgan fingerprint density at radius 1 is 0.941 bits per heavy atom. The van der Waals surface area contributed by atoms with Crippen LogP contribution in [0.25, 0.3) is 11.3 Å². The molecule has 0 saturated heterocycles. The van der Waals surface area contributed by atoms with Gasteiger partial charge in [0.05, 0.1) is 15.6 Å². The van der Waals surface area contributed by atoms with Crippen LogP contribution < -0.4 is 10.0 Å². The first kappa shape index (κ1) is 23.8. The first-order valence-corrected chi connectivity index (χ1v) is 13.2. The molecule has 2 N–H and O–H groups in total. The van der Waals surface area contributed by atoms with E-state index in [1.807, 2.05) is 66.9 Å². The third-order valence-electron chi connectivity index (χ3n) is 5.24. The van der Waals surface area contributed by atoms with Crippen LogP contribution in [-0.4, -0.2) is 19.3 Å². The molecule has 0 aliphatic heterocycles. The van der Waals surface area contributed by atoms with E-state index in [1.165, 1.54) is 0 Å². The Labute approximate surface area is 203 Å². The minimum Gasteiger partial charge on any atom is -0.326 e. The third kappa shape index (κ3) is 6.38. The molecule has 0 fully saturated rings. The predicted octanol–water partition coefficient (Wildman–Crippen LogP) is 5.17. The molecule has 0 aliphatic rings. The van der Waals surface area contributed by atoms with Crippen molar-refractivity contribution in [2.75, 3.05) is 5.32 Å². The summed E-state index contributed by atoms with van der Waals surface area (Å²) < 4.78 is 27.7. The number of benzene rings is 3. The minimum atomic E-state index is -3.61. The molecule has 0 radical (unpaired) electrons. The topological polar surface area (TPSA) is 88.2 Å². The van der Waals surface area contributed by atoms with Crippen LogP contribution in [0.4, 0.5) is 5.69 Å². The maximum Gasteiger partial charge on any atom is 0.240 e. The number of carbonyl (C=O) groups is 1. The van der Waals surface area contributed by atoms with Gasteiger partial charge in [-0.3, -0.25) is 4.79 Å². The van der Waals surface area contributed by atoms with E-state index in [1.54, 1.807) is 35.6 Å². The van der Waals surface area contributed by atoms with Gasteiger partial charge in [-0.15, -0.1) is 11.3 Å². The van der Waals surface area contributed by atoms with Crippen molar-refractivity contribution < 1.29 is 13.2 Å². The van der Waals surface area contributed by atoms with Gasteiger partial charge in [0.25, 0.3) is 0 Å². The standard InChI is InChI=1S/C26H25N3O3S2/c1-19-28-25(18-33-19)22-8-5-9-23(16-22)29-26(30)15-12-20-10-13-24(14-11-20)34(31,32)27-17-21-6-3-2-4-7-21/h2-11,13-14,16,18,27H,12,15,17H2,1H3,(H,29,30). The lowest BCUT2D eigenvalue weighted by Gasteiger charge is -2.09. The summed E-state index contributed by atoms with van der Waals surface area (Å²) in [4.78, 5) is 17.1. The molecule has 8 heteroatoms. The fourth-order valence-corrected chi connectivity index (χ4v) is 5.07. The molecule has 1 amide bonds. The average molecular weight is 492 g/mol. The summed E-state index contributed by atoms with van der Waals surface area (Å²) in [6, 6.07) is 23.6. The summed E-state index contributed by atoms with van der Waals surface area (Å²) in [5.41, 5.74) is 4.36. The molecular weight excluding hydrogens is 466 g/mol. The van der Waals surface area contributed by atoms with E-state index in [-0.39, 0.29) is 17.3 Å². The summed E-state index contributed by atoms with van der Waals surface area (Å²) in [6.45, 7) is 2.19. The van der Waals surface area contributed by atoms with E-state index >= 15 is 0 Å². The largest absolute Gasteiger partial charge is 0.326 e. The first-order chi connectivity index (χ1) is 16.4. The summed E-state index contributed by atoms with van der Waals surface area (Å²) in [5, 5.41) is 5.92. The van der Waals surface area contributed by atoms with Crippen molar-refractivity contribution in [1.82, 2.24) is 9.71 Å². The van der Waals surface area contributed by atoms with E-state index < -0.39 is 10.0 Å². The van der Waals surface area contributed by atoms with Crippen molar-refractivity contribution in [3.63, 3.8) is 0 Å². The van der Waals surface area contributed by atoms with Crippen molar-refractivity contribution in [3.8, 4) is 11.3 Å². The number of aryl methyl sites for hydroxylation is 2. The SMILES string of the molecule is Cc1nc(-c2cccc(NC(=O)CCc3ccc(S(=O)(=O)NCc4ccccc4)cc3)c2)cs1. The van der Waals surface area contributed by atoms with Crippen LogP contribution in [0.15, 0.2) is 89.1 Å². The second-order valence-corrected chi connectivity index (χ2v) is 10.7. The maximum absolute atomic E-state index is 12.5. The Morgan fingerprint density at radius 3 is 2.41 bits per heavy atom. The number of rotatable bonds is 9. The molecule has 1 heterocycles. The Balaban J connectivity index is 1.30. The van der Waals surface area contributed by atoms with Gasteiger partial charge in [-0.25, -0.2) is 18.1 Å². The lowest BCUT2D eigenvalue weighted by atomic mass is 10.1. The van der Waals surface area contributed by atoms with Gasteiger partial charge in [-0.1, -0.05) is 54.6 Å². The number of sulfonamides is 1. The highest BCUT2D eigenvalue weighted by atomic mass is 32.2. The number of carbonyl (C=O) groups excluding carboxylic acids is 1. The van der Waals surface area contributed by atoms with Gasteiger partial charge in [0, 0.05) is 29.6 Å². The second kappa shape index (κ2) is 10.7. The van der Waals surface area contributed by atoms with Crippen LogP contribution in [-0.2, 0) is 27.8 Å². The highest BCUT2D eigenvalue weighted by Crippen LogP contribution is 2.24. The van der Waals surface area contributed by atoms with Gasteiger partial charge in [-0.2, -0.15) is 0 Å². The fraction of sp³-hybridized carbons (Fsp3) is 0.154. The van der Waals surface area contributed by atoms with Gasteiger partial charge in [0.2, 0.25) is 15.9 Å². The molecule has 0 saturated carbocycles. The van der Waals surface area contributed by atoms with Gasteiger partial charge in [0.15, 0.2) is 0 Å². The Hall–Kier alpha value is -3.33. The maximum atomic E-state index is 12.5. The van der Waals surface area contributed by atoms with Gasteiger partial charge in [0.1, 0.15) is 0 Å². The number of thiazole rings is 1. The van der Waals surface area contributed by atoms with Crippen LogP contribution in [0, 0.1) is 6.92 Å². The quantitative estimate of drug-likeness (QED) is 0.338. The zero-order valence-electron chi connectivity index (χ0n) is 18.7. The van der Waals surface area contributed by atoms with Gasteiger partial charge in [-0.05, 0) is 48.7 Å². The summed E-state index contributed by atoms with van der Waals surface area (Å²) in [7, 11) is -3.61. The van der Waals surface area contributed by atoms with Crippen molar-refractivity contribution in [1.29, 1.82) is 0 Å². The molecule has 0 aliphatic carbocycles. The molecule has 3 aromatic carbocycles. The van der Waals surface area contributed by atoms with Crippen molar-refractivity contribution in [2.24, 2.45) is 0 Å². The first-order valence-electron chi connectivity index (χ1n) is 10.8. The average Bonchev–Trinajstić information content (AvgIpc) is 3.29. The lowest BCUT2D eigenvalue weighted by Crippen LogP contribution is -2.23. The Kier molecular flexibility index (Phi) is 7.52. The second-order valence-electron chi connectivity index (χ2n) is 7.83. The normalized spacial score (nSPS) is 11.3. The number of anilines is 1. The van der Waals surface area contributed by atoms with Gasteiger partial charge < -0.3 is 5.32 Å². The van der Waals surface area contributed by atoms with Crippen LogP contribution in [0.3, 0.4) is 0 Å². The Bertz CT molecular complexity index is 1370. The number of hydrogen-bond acceptors (Lipinski definition) is 5. The van der Waals surface area contributed by atoms with E-state index in [2.05, 4.69) is 15.0 Å². The van der Waals surface area contributed by atoms with Crippen molar-refractivity contribution in [2.45, 2.75) is 31.2 Å². The molecule has 4 aromatic rings. The molecule has 0 atom stereocenters. The molecule has 0 bridgehead atoms. The van der Waals surface area contributed by atoms with Crippen molar-refractivity contribution in [3.05, 3.63) is 100 Å². The van der Waals surface area contributed by atoms with E-state index in [0.717, 1.165) is 33.1 Å². The zero-order chi connectivity index (χ0) is 24.0. The summed E-state index contributed by atoms with van der Waals surface area (Å²) >= 11 is 1.59. The highest BCUT2D eigenvalue weighted by molar-refractivity contribution is 7.89. The Morgan fingerprint density at radius 2 is 1.71 bits per heavy atom. The highest BCUT2D eigenvalue weighted by Gasteiger charge is 2.14. The molecule has 4 rings (SSSR count). The molecule has 34 heavy (non-hydrogen) atoms. The number of hydrogen-bond donors (Lipinski definition) is 2. The van der Waals surface area contributed by atoms with Crippen LogP contribution >= 0.6 is 11.3 Å². The van der Waals surface area contributed by atoms with E-state index in [0.29, 0.717) is 12.8 Å². The summed E-state index contributed by atoms with van der Waals surface area (Å²) in [6.07, 6.45) is 0.799. The van der Waals surface area contributed by atoms with Crippen LogP contribution in [0.5, 0.6) is 0 Å². The number of nitrogens with zero attached hydrogens (tertiary/aromatic N) is 1. The smallest absolute Gasteiger partial charge is 0.240 e.